The number of anilines is 1. The largest absolute Gasteiger partial charge is 0.351 e. The lowest BCUT2D eigenvalue weighted by atomic mass is 9.86. The Bertz CT molecular complexity index is 1230. The predicted octanol–water partition coefficient (Wildman–Crippen LogP) is 5.34. The number of aromatic amines is 1. The fraction of sp³-hybridized carbons (Fsp3) is 0.478. The molecule has 7 nitrogen and oxygen atoms in total. The van der Waals surface area contributed by atoms with E-state index in [-0.39, 0.29) is 6.54 Å². The van der Waals surface area contributed by atoms with Crippen molar-refractivity contribution in [1.82, 2.24) is 29.5 Å². The van der Waals surface area contributed by atoms with E-state index in [1.165, 1.54) is 0 Å². The minimum absolute atomic E-state index is 0.255. The van der Waals surface area contributed by atoms with Crippen LogP contribution in [0.1, 0.15) is 57.8 Å². The lowest BCUT2D eigenvalue weighted by Gasteiger charge is -2.29. The maximum Gasteiger partial charge on any atom is 0.224 e. The first-order valence-electron chi connectivity index (χ1n) is 11.1. The standard InChI is InChI=1S/C23H28FN7/c1-14(2)31-15(3)29-21-19(31)9-16(10-25-21)17-11-26-20-18(17)12-27-22(30-20)28-13-23(24)7-5-4-6-8-23/h9-12,14H,4-8,13H2,1-3H3,(H2,26,27,28,30). The molecule has 4 heterocycles. The van der Waals surface area contributed by atoms with Crippen LogP contribution >= 0.6 is 0 Å². The minimum Gasteiger partial charge on any atom is -0.351 e. The lowest BCUT2D eigenvalue weighted by molar-refractivity contribution is 0.122. The quantitative estimate of drug-likeness (QED) is 0.454. The molecule has 0 bridgehead atoms. The number of hydrogen-bond donors (Lipinski definition) is 2. The van der Waals surface area contributed by atoms with E-state index in [2.05, 4.69) is 54.7 Å². The molecule has 31 heavy (non-hydrogen) atoms. The van der Waals surface area contributed by atoms with Gasteiger partial charge in [-0.05, 0) is 39.7 Å². The lowest BCUT2D eigenvalue weighted by Crippen LogP contribution is -2.34. The smallest absolute Gasteiger partial charge is 0.224 e. The number of rotatable bonds is 5. The monoisotopic (exact) mass is 421 g/mol. The number of hydrogen-bond acceptors (Lipinski definition) is 5. The second-order valence-corrected chi connectivity index (χ2v) is 8.91. The van der Waals surface area contributed by atoms with E-state index in [0.29, 0.717) is 24.8 Å². The molecule has 1 saturated carbocycles. The SMILES string of the molecule is Cc1nc2ncc(-c3c[nH]c4nc(NCC5(F)CCCCC5)ncc34)cc2n1C(C)C. The van der Waals surface area contributed by atoms with Gasteiger partial charge in [-0.3, -0.25) is 0 Å². The maximum absolute atomic E-state index is 14.9. The Morgan fingerprint density at radius 2 is 1.97 bits per heavy atom. The summed E-state index contributed by atoms with van der Waals surface area (Å²) in [6.07, 6.45) is 9.79. The van der Waals surface area contributed by atoms with Gasteiger partial charge in [-0.15, -0.1) is 0 Å². The van der Waals surface area contributed by atoms with E-state index in [1.54, 1.807) is 6.20 Å². The van der Waals surface area contributed by atoms with Crippen molar-refractivity contribution >= 4 is 28.1 Å². The summed E-state index contributed by atoms with van der Waals surface area (Å²) in [6, 6.07) is 2.41. The van der Waals surface area contributed by atoms with E-state index in [0.717, 1.165) is 58.4 Å². The minimum atomic E-state index is -1.16. The number of fused-ring (bicyclic) bond motifs is 2. The number of halogens is 1. The zero-order valence-electron chi connectivity index (χ0n) is 18.2. The van der Waals surface area contributed by atoms with Gasteiger partial charge in [0, 0.05) is 41.1 Å². The molecule has 5 rings (SSSR count). The molecule has 0 atom stereocenters. The molecule has 4 aromatic rings. The van der Waals surface area contributed by atoms with Crippen LogP contribution in [0.4, 0.5) is 10.3 Å². The van der Waals surface area contributed by atoms with Gasteiger partial charge < -0.3 is 14.9 Å². The summed E-state index contributed by atoms with van der Waals surface area (Å²) in [5, 5.41) is 4.01. The highest BCUT2D eigenvalue weighted by Crippen LogP contribution is 2.33. The van der Waals surface area contributed by atoms with Crippen LogP contribution in [0.5, 0.6) is 0 Å². The van der Waals surface area contributed by atoms with Gasteiger partial charge in [0.2, 0.25) is 5.95 Å². The highest BCUT2D eigenvalue weighted by molar-refractivity contribution is 5.95. The third-order valence-corrected chi connectivity index (χ3v) is 6.30. The van der Waals surface area contributed by atoms with E-state index < -0.39 is 5.67 Å². The molecular weight excluding hydrogens is 393 g/mol. The normalized spacial score (nSPS) is 16.4. The first kappa shape index (κ1) is 19.9. The van der Waals surface area contributed by atoms with Gasteiger partial charge in [-0.1, -0.05) is 19.3 Å². The molecule has 0 aliphatic heterocycles. The van der Waals surface area contributed by atoms with Gasteiger partial charge in [0.15, 0.2) is 5.65 Å². The van der Waals surface area contributed by atoms with Crippen LogP contribution in [0.2, 0.25) is 0 Å². The molecule has 1 aliphatic carbocycles. The average molecular weight is 422 g/mol. The third kappa shape index (κ3) is 3.64. The number of nitrogens with zero attached hydrogens (tertiary/aromatic N) is 5. The summed E-state index contributed by atoms with van der Waals surface area (Å²) in [5.74, 6) is 1.40. The second-order valence-electron chi connectivity index (χ2n) is 8.91. The molecule has 162 valence electrons. The summed E-state index contributed by atoms with van der Waals surface area (Å²) < 4.78 is 17.1. The van der Waals surface area contributed by atoms with Gasteiger partial charge in [0.05, 0.1) is 12.1 Å². The van der Waals surface area contributed by atoms with Crippen LogP contribution in [0.25, 0.3) is 33.3 Å². The summed E-state index contributed by atoms with van der Waals surface area (Å²) >= 11 is 0. The number of aryl methyl sites for hydroxylation is 1. The number of aromatic nitrogens is 6. The maximum atomic E-state index is 14.9. The Hall–Kier alpha value is -3.03. The zero-order valence-corrected chi connectivity index (χ0v) is 18.2. The molecule has 0 amide bonds. The Morgan fingerprint density at radius 1 is 1.16 bits per heavy atom. The molecule has 1 aliphatic rings. The highest BCUT2D eigenvalue weighted by Gasteiger charge is 2.31. The van der Waals surface area contributed by atoms with Crippen LogP contribution < -0.4 is 5.32 Å². The van der Waals surface area contributed by atoms with Crippen molar-refractivity contribution in [2.24, 2.45) is 0 Å². The van der Waals surface area contributed by atoms with Crippen molar-refractivity contribution in [2.45, 2.75) is 64.6 Å². The highest BCUT2D eigenvalue weighted by atomic mass is 19.1. The molecule has 0 radical (unpaired) electrons. The molecule has 0 aromatic carbocycles. The van der Waals surface area contributed by atoms with Crippen molar-refractivity contribution in [2.75, 3.05) is 11.9 Å². The van der Waals surface area contributed by atoms with Gasteiger partial charge in [-0.25, -0.2) is 19.3 Å². The Labute approximate surface area is 180 Å². The Balaban J connectivity index is 1.44. The summed E-state index contributed by atoms with van der Waals surface area (Å²) in [7, 11) is 0. The predicted molar refractivity (Wildman–Crippen MR) is 121 cm³/mol. The molecule has 2 N–H and O–H groups in total. The fourth-order valence-corrected chi connectivity index (χ4v) is 4.72. The zero-order chi connectivity index (χ0) is 21.6. The van der Waals surface area contributed by atoms with Gasteiger partial charge in [0.1, 0.15) is 17.1 Å². The summed E-state index contributed by atoms with van der Waals surface area (Å²) in [5.41, 5.74) is 3.29. The molecule has 1 fully saturated rings. The van der Waals surface area contributed by atoms with Crippen molar-refractivity contribution in [3.63, 3.8) is 0 Å². The number of pyridine rings is 1. The number of H-pyrrole nitrogens is 1. The molecule has 0 spiro atoms. The van der Waals surface area contributed by atoms with Gasteiger partial charge in [0.25, 0.3) is 0 Å². The van der Waals surface area contributed by atoms with E-state index in [4.69, 9.17) is 0 Å². The van der Waals surface area contributed by atoms with Crippen LogP contribution in [0.3, 0.4) is 0 Å². The van der Waals surface area contributed by atoms with E-state index in [9.17, 15) is 4.39 Å². The summed E-state index contributed by atoms with van der Waals surface area (Å²) in [6.45, 7) is 6.54. The topological polar surface area (TPSA) is 84.3 Å². The van der Waals surface area contributed by atoms with Crippen LogP contribution in [0.15, 0.2) is 24.7 Å². The molecular formula is C23H28FN7. The van der Waals surface area contributed by atoms with Crippen LogP contribution in [-0.2, 0) is 0 Å². The van der Waals surface area contributed by atoms with E-state index >= 15 is 0 Å². The average Bonchev–Trinajstić information content (AvgIpc) is 3.32. The van der Waals surface area contributed by atoms with Crippen molar-refractivity contribution in [3.05, 3.63) is 30.5 Å². The van der Waals surface area contributed by atoms with E-state index in [1.807, 2.05) is 19.3 Å². The first-order valence-corrected chi connectivity index (χ1v) is 11.1. The van der Waals surface area contributed by atoms with Gasteiger partial charge in [-0.2, -0.15) is 4.98 Å². The molecule has 0 unspecified atom stereocenters. The first-order chi connectivity index (χ1) is 14.9. The number of nitrogens with one attached hydrogen (secondary N) is 2. The van der Waals surface area contributed by atoms with Crippen molar-refractivity contribution in [1.29, 1.82) is 0 Å². The van der Waals surface area contributed by atoms with Crippen LogP contribution in [-0.4, -0.2) is 41.7 Å². The Morgan fingerprint density at radius 3 is 2.74 bits per heavy atom. The number of imidazole rings is 1. The van der Waals surface area contributed by atoms with Gasteiger partial charge >= 0.3 is 0 Å². The molecule has 4 aromatic heterocycles. The van der Waals surface area contributed by atoms with Crippen molar-refractivity contribution < 1.29 is 4.39 Å². The number of alkyl halides is 1. The molecule has 8 heteroatoms. The van der Waals surface area contributed by atoms with Crippen molar-refractivity contribution in [3.8, 4) is 11.1 Å². The molecule has 0 saturated heterocycles. The van der Waals surface area contributed by atoms with Crippen LogP contribution in [0, 0.1) is 6.92 Å². The fourth-order valence-electron chi connectivity index (χ4n) is 4.72. The second kappa shape index (κ2) is 7.59. The summed E-state index contributed by atoms with van der Waals surface area (Å²) in [4.78, 5) is 21.4. The Kier molecular flexibility index (Phi) is 4.87. The third-order valence-electron chi connectivity index (χ3n) is 6.30.